The van der Waals surface area contributed by atoms with Crippen molar-refractivity contribution in [1.82, 2.24) is 45.3 Å². The number of fused-ring (bicyclic) bond motifs is 2. The van der Waals surface area contributed by atoms with E-state index in [1.54, 1.807) is 0 Å². The van der Waals surface area contributed by atoms with E-state index in [0.717, 1.165) is 0 Å². The Bertz CT molecular complexity index is 914. The van der Waals surface area contributed by atoms with Crippen LogP contribution in [0.3, 0.4) is 0 Å². The minimum atomic E-state index is -0.222. The molecule has 11 heteroatoms. The van der Waals surface area contributed by atoms with Crippen molar-refractivity contribution in [3.63, 3.8) is 0 Å². The molecule has 0 spiro atoms. The molecule has 0 aromatic carbocycles. The minimum absolute atomic E-state index is 0.0822. The van der Waals surface area contributed by atoms with E-state index in [0.29, 0.717) is 11.2 Å². The number of hydrogen-bond donors (Lipinski definition) is 3. The van der Waals surface area contributed by atoms with Crippen LogP contribution in [0.1, 0.15) is 0 Å². The number of aromatic hydroxyl groups is 1. The highest BCUT2D eigenvalue weighted by molar-refractivity contribution is 5.77. The lowest BCUT2D eigenvalue weighted by molar-refractivity contribution is 0.433. The van der Waals surface area contributed by atoms with Crippen molar-refractivity contribution in [1.29, 1.82) is 0 Å². The van der Waals surface area contributed by atoms with E-state index in [1.165, 1.54) is 6.33 Å². The molecule has 0 fully saturated rings. The third kappa shape index (κ3) is 1.50. The van der Waals surface area contributed by atoms with Crippen molar-refractivity contribution in [2.24, 2.45) is 0 Å². The normalized spacial score (nSPS) is 11.2. The van der Waals surface area contributed by atoms with Gasteiger partial charge in [0.05, 0.1) is 0 Å². The maximum absolute atomic E-state index is 9.55. The van der Waals surface area contributed by atoms with Crippen molar-refractivity contribution in [3.05, 3.63) is 12.7 Å². The third-order valence-electron chi connectivity index (χ3n) is 2.49. The van der Waals surface area contributed by atoms with Crippen LogP contribution in [0, 0.1) is 6.33 Å². The van der Waals surface area contributed by atoms with E-state index in [4.69, 9.17) is 4.74 Å². The molecule has 4 aromatic rings. The highest BCUT2D eigenvalue weighted by Gasteiger charge is 2.14. The van der Waals surface area contributed by atoms with Crippen LogP contribution in [0.4, 0.5) is 0 Å². The summed E-state index contributed by atoms with van der Waals surface area (Å²) in [6.07, 6.45) is 3.58. The molecule has 4 heterocycles. The molecule has 4 rings (SSSR count). The average Bonchev–Trinajstić information content (AvgIpc) is 3.06. The quantitative estimate of drug-likeness (QED) is 0.446. The maximum Gasteiger partial charge on any atom is 0.303 e. The number of imidazole rings is 1. The van der Waals surface area contributed by atoms with E-state index in [2.05, 4.69) is 51.6 Å². The molecule has 4 aromatic heterocycles. The average molecular weight is 270 g/mol. The molecule has 0 bridgehead atoms. The fraction of sp³-hybridized carbons (Fsp3) is 0. The van der Waals surface area contributed by atoms with Gasteiger partial charge in [0.25, 0.3) is 5.88 Å². The number of aromatic nitrogens is 9. The van der Waals surface area contributed by atoms with Crippen molar-refractivity contribution in [2.75, 3.05) is 0 Å². The Morgan fingerprint density at radius 1 is 1.15 bits per heavy atom. The molecular weight excluding hydrogens is 266 g/mol. The first-order chi connectivity index (χ1) is 9.81. The predicted octanol–water partition coefficient (Wildman–Crippen LogP) is -0.288. The fourth-order valence-electron chi connectivity index (χ4n) is 1.63. The number of H-pyrrole nitrogens is 2. The number of nitrogens with zero attached hydrogens (tertiary/aromatic N) is 7. The Labute approximate surface area is 109 Å². The predicted molar refractivity (Wildman–Crippen MR) is 61.7 cm³/mol. The summed E-state index contributed by atoms with van der Waals surface area (Å²) in [4.78, 5) is 21.9. The molecule has 1 radical (unpaired) electrons. The van der Waals surface area contributed by atoms with E-state index in [-0.39, 0.29) is 28.9 Å². The smallest absolute Gasteiger partial charge is 0.303 e. The number of nitrogens with one attached hydrogen (secondary N) is 2. The van der Waals surface area contributed by atoms with Gasteiger partial charge in [-0.1, -0.05) is 5.21 Å². The van der Waals surface area contributed by atoms with Gasteiger partial charge in [0.1, 0.15) is 6.33 Å². The molecule has 0 saturated heterocycles. The van der Waals surface area contributed by atoms with Gasteiger partial charge in [-0.2, -0.15) is 15.0 Å². The topological polar surface area (TPSA) is 151 Å². The van der Waals surface area contributed by atoms with Gasteiger partial charge in [0.15, 0.2) is 16.7 Å². The van der Waals surface area contributed by atoms with Crippen molar-refractivity contribution in [3.8, 4) is 17.8 Å². The monoisotopic (exact) mass is 270 g/mol. The van der Waals surface area contributed by atoms with Crippen molar-refractivity contribution >= 4 is 22.3 Å². The summed E-state index contributed by atoms with van der Waals surface area (Å²) in [5.74, 6) is -0.0774. The first-order valence-electron chi connectivity index (χ1n) is 5.33. The van der Waals surface area contributed by atoms with Crippen LogP contribution in [0.5, 0.6) is 17.8 Å². The summed E-state index contributed by atoms with van der Waals surface area (Å²) in [7, 11) is 0. The zero-order valence-corrected chi connectivity index (χ0v) is 9.56. The van der Waals surface area contributed by atoms with Crippen LogP contribution in [0.25, 0.3) is 22.3 Å². The van der Waals surface area contributed by atoms with Crippen LogP contribution in [0.2, 0.25) is 0 Å². The lowest BCUT2D eigenvalue weighted by Crippen LogP contribution is -1.92. The van der Waals surface area contributed by atoms with Crippen molar-refractivity contribution < 1.29 is 9.84 Å². The summed E-state index contributed by atoms with van der Waals surface area (Å²) in [6, 6.07) is 0.0822. The van der Waals surface area contributed by atoms with Crippen LogP contribution < -0.4 is 4.74 Å². The van der Waals surface area contributed by atoms with Gasteiger partial charge < -0.3 is 14.8 Å². The Morgan fingerprint density at radius 2 is 2.10 bits per heavy atom. The third-order valence-corrected chi connectivity index (χ3v) is 2.49. The van der Waals surface area contributed by atoms with E-state index in [1.807, 2.05) is 0 Å². The maximum atomic E-state index is 9.55. The van der Waals surface area contributed by atoms with Crippen molar-refractivity contribution in [2.45, 2.75) is 0 Å². The molecule has 3 N–H and O–H groups in total. The molecule has 0 aliphatic heterocycles. The van der Waals surface area contributed by atoms with Gasteiger partial charge in [0, 0.05) is 0 Å². The first kappa shape index (κ1) is 10.5. The van der Waals surface area contributed by atoms with Gasteiger partial charge in [-0.25, -0.2) is 9.97 Å². The highest BCUT2D eigenvalue weighted by atomic mass is 16.5. The number of ether oxygens (including phenoxy) is 1. The molecule has 0 saturated carbocycles. The summed E-state index contributed by atoms with van der Waals surface area (Å²) < 4.78 is 5.45. The molecule has 0 unspecified atom stereocenters. The second-order valence-corrected chi connectivity index (χ2v) is 3.68. The summed E-state index contributed by atoms with van der Waals surface area (Å²) >= 11 is 0. The first-order valence-corrected chi connectivity index (χ1v) is 5.33. The molecule has 0 aliphatic rings. The standard InChI is InChI=1S/C9H4N9O2/c19-7-3-5(10-1-12-7)15-9(14-3)20-8-4-6(11-2-13-8)17-18-16-4/h1H,(H2,10,12,14,15,19)(H,11,13,16,17,18). The van der Waals surface area contributed by atoms with Gasteiger partial charge in [0.2, 0.25) is 17.9 Å². The Balaban J connectivity index is 1.81. The molecule has 0 amide bonds. The second-order valence-electron chi connectivity index (χ2n) is 3.68. The van der Waals surface area contributed by atoms with E-state index in [9.17, 15) is 5.11 Å². The largest absolute Gasteiger partial charge is 0.492 e. The van der Waals surface area contributed by atoms with Crippen LogP contribution in [0.15, 0.2) is 6.33 Å². The van der Waals surface area contributed by atoms with Crippen LogP contribution in [-0.2, 0) is 0 Å². The van der Waals surface area contributed by atoms with E-state index < -0.39 is 0 Å². The fourth-order valence-corrected chi connectivity index (χ4v) is 1.63. The van der Waals surface area contributed by atoms with Gasteiger partial charge in [-0.05, 0) is 0 Å². The molecule has 0 aliphatic carbocycles. The van der Waals surface area contributed by atoms with Crippen LogP contribution in [-0.4, -0.2) is 50.4 Å². The highest BCUT2D eigenvalue weighted by Crippen LogP contribution is 2.25. The summed E-state index contributed by atoms with van der Waals surface area (Å²) in [5.41, 5.74) is 1.25. The number of hydrogen-bond acceptors (Lipinski definition) is 9. The lowest BCUT2D eigenvalue weighted by Gasteiger charge is -1.98. The number of aromatic amines is 2. The van der Waals surface area contributed by atoms with Gasteiger partial charge in [-0.3, -0.25) is 5.10 Å². The molecule has 0 atom stereocenters. The Kier molecular flexibility index (Phi) is 2.01. The Morgan fingerprint density at radius 3 is 3.00 bits per heavy atom. The summed E-state index contributed by atoms with van der Waals surface area (Å²) in [6.45, 7) is 0. The molecule has 97 valence electrons. The minimum Gasteiger partial charge on any atom is -0.492 e. The molecular formula is C9H4N9O2. The zero-order valence-electron chi connectivity index (χ0n) is 9.56. The van der Waals surface area contributed by atoms with Gasteiger partial charge in [-0.15, -0.1) is 5.10 Å². The van der Waals surface area contributed by atoms with Gasteiger partial charge >= 0.3 is 6.01 Å². The second kappa shape index (κ2) is 3.81. The zero-order chi connectivity index (χ0) is 13.5. The molecule has 20 heavy (non-hydrogen) atoms. The Hall–Kier alpha value is -3.37. The van der Waals surface area contributed by atoms with E-state index >= 15 is 0 Å². The summed E-state index contributed by atoms with van der Waals surface area (Å²) in [5, 5.41) is 19.5. The van der Waals surface area contributed by atoms with Crippen LogP contribution >= 0.6 is 0 Å². The lowest BCUT2D eigenvalue weighted by atomic mass is 10.5. The molecule has 11 nitrogen and oxygen atoms in total. The SMILES string of the molecule is Oc1ncnc2nc(Oc3n[c]nc4nn[nH]c34)[nH]c12. The number of rotatable bonds is 2.